The maximum Gasteiger partial charge on any atom is 0.320 e. The second kappa shape index (κ2) is 11.5. The van der Waals surface area contributed by atoms with Crippen molar-refractivity contribution in [1.82, 2.24) is 0 Å². The summed E-state index contributed by atoms with van der Waals surface area (Å²) in [5.74, 6) is -1.81. The minimum Gasteiger partial charge on any atom is -0.465 e. The highest BCUT2D eigenvalue weighted by molar-refractivity contribution is 5.94. The fourth-order valence-corrected chi connectivity index (χ4v) is 1.72. The number of nitriles is 1. The van der Waals surface area contributed by atoms with E-state index in [-0.39, 0.29) is 13.2 Å². The van der Waals surface area contributed by atoms with Gasteiger partial charge in [-0.15, -0.1) is 0 Å². The second-order valence-corrected chi connectivity index (χ2v) is 4.17. The number of nitrogens with zero attached hydrogens (tertiary/aromatic N) is 1. The molecule has 0 saturated carbocycles. The van der Waals surface area contributed by atoms with E-state index in [1.165, 1.54) is 0 Å². The number of ether oxygens (including phenoxy) is 2. The van der Waals surface area contributed by atoms with Gasteiger partial charge >= 0.3 is 11.9 Å². The van der Waals surface area contributed by atoms with Gasteiger partial charge in [0, 0.05) is 6.42 Å². The summed E-state index contributed by atoms with van der Waals surface area (Å²) in [6, 6.07) is 2.09. The fraction of sp³-hybridized carbons (Fsp3) is 0.786. The van der Waals surface area contributed by atoms with E-state index >= 15 is 0 Å². The topological polar surface area (TPSA) is 76.4 Å². The molecule has 0 amide bonds. The molecule has 0 N–H and O–H groups in total. The van der Waals surface area contributed by atoms with Crippen molar-refractivity contribution in [3.8, 4) is 6.07 Å². The summed E-state index contributed by atoms with van der Waals surface area (Å²) in [5, 5.41) is 8.40. The quantitative estimate of drug-likeness (QED) is 0.346. The maximum atomic E-state index is 11.7. The van der Waals surface area contributed by atoms with Gasteiger partial charge in [-0.3, -0.25) is 9.59 Å². The van der Waals surface area contributed by atoms with Crippen molar-refractivity contribution < 1.29 is 19.1 Å². The molecule has 19 heavy (non-hydrogen) atoms. The zero-order valence-electron chi connectivity index (χ0n) is 11.8. The molecule has 0 bridgehead atoms. The predicted molar refractivity (Wildman–Crippen MR) is 70.1 cm³/mol. The highest BCUT2D eigenvalue weighted by Gasteiger charge is 2.28. The van der Waals surface area contributed by atoms with Crippen LogP contribution in [-0.4, -0.2) is 25.2 Å². The van der Waals surface area contributed by atoms with Crippen LogP contribution in [0.1, 0.15) is 52.4 Å². The molecule has 0 saturated heterocycles. The average molecular weight is 269 g/mol. The first kappa shape index (κ1) is 17.4. The van der Waals surface area contributed by atoms with Crippen LogP contribution in [0.15, 0.2) is 0 Å². The van der Waals surface area contributed by atoms with Crippen molar-refractivity contribution in [2.45, 2.75) is 52.4 Å². The molecule has 0 aromatic rings. The van der Waals surface area contributed by atoms with Crippen LogP contribution in [0.25, 0.3) is 0 Å². The average Bonchev–Trinajstić information content (AvgIpc) is 2.38. The third-order valence-corrected chi connectivity index (χ3v) is 2.67. The van der Waals surface area contributed by atoms with Crippen molar-refractivity contribution in [2.75, 3.05) is 13.2 Å². The highest BCUT2D eigenvalue weighted by atomic mass is 16.6. The molecule has 0 aliphatic carbocycles. The van der Waals surface area contributed by atoms with Gasteiger partial charge in [0.1, 0.15) is 0 Å². The SMILES string of the molecule is CCOC(=O)C(CCCCCCC#N)C(=O)OCC. The zero-order valence-corrected chi connectivity index (χ0v) is 11.8. The largest absolute Gasteiger partial charge is 0.465 e. The number of rotatable bonds is 10. The van der Waals surface area contributed by atoms with E-state index < -0.39 is 17.9 Å². The summed E-state index contributed by atoms with van der Waals surface area (Å²) in [4.78, 5) is 23.3. The molecule has 108 valence electrons. The third-order valence-electron chi connectivity index (χ3n) is 2.67. The molecule has 0 fully saturated rings. The maximum absolute atomic E-state index is 11.7. The Morgan fingerprint density at radius 3 is 2.00 bits per heavy atom. The van der Waals surface area contributed by atoms with Crippen molar-refractivity contribution in [3.63, 3.8) is 0 Å². The molecule has 0 spiro atoms. The minimum atomic E-state index is -0.809. The third kappa shape index (κ3) is 8.20. The molecule has 0 rings (SSSR count). The Morgan fingerprint density at radius 2 is 1.53 bits per heavy atom. The predicted octanol–water partition coefficient (Wildman–Crippen LogP) is 2.59. The van der Waals surface area contributed by atoms with Crippen LogP contribution in [0.2, 0.25) is 0 Å². The Morgan fingerprint density at radius 1 is 1.00 bits per heavy atom. The second-order valence-electron chi connectivity index (χ2n) is 4.17. The number of hydrogen-bond donors (Lipinski definition) is 0. The van der Waals surface area contributed by atoms with E-state index in [4.69, 9.17) is 14.7 Å². The Kier molecular flexibility index (Phi) is 10.6. The monoisotopic (exact) mass is 269 g/mol. The van der Waals surface area contributed by atoms with Crippen LogP contribution in [-0.2, 0) is 19.1 Å². The van der Waals surface area contributed by atoms with E-state index in [0.717, 1.165) is 25.7 Å². The van der Waals surface area contributed by atoms with Gasteiger partial charge in [-0.25, -0.2) is 0 Å². The van der Waals surface area contributed by atoms with E-state index in [1.54, 1.807) is 13.8 Å². The molecule has 0 aromatic carbocycles. The van der Waals surface area contributed by atoms with Gasteiger partial charge in [-0.05, 0) is 26.7 Å². The van der Waals surface area contributed by atoms with Crippen LogP contribution in [0.5, 0.6) is 0 Å². The van der Waals surface area contributed by atoms with E-state index in [9.17, 15) is 9.59 Å². The molecule has 0 atom stereocenters. The highest BCUT2D eigenvalue weighted by Crippen LogP contribution is 2.15. The lowest BCUT2D eigenvalue weighted by Gasteiger charge is -2.13. The standard InChI is InChI=1S/C14H23NO4/c1-3-18-13(16)12(14(17)19-4-2)10-8-6-5-7-9-11-15/h12H,3-10H2,1-2H3. The van der Waals surface area contributed by atoms with Gasteiger partial charge < -0.3 is 9.47 Å². The van der Waals surface area contributed by atoms with Gasteiger partial charge in [-0.1, -0.05) is 19.3 Å². The lowest BCUT2D eigenvalue weighted by Crippen LogP contribution is -2.28. The van der Waals surface area contributed by atoms with Crippen molar-refractivity contribution >= 4 is 11.9 Å². The molecule has 5 heteroatoms. The van der Waals surface area contributed by atoms with Gasteiger partial charge in [0.2, 0.25) is 0 Å². The molecule has 0 heterocycles. The Hall–Kier alpha value is -1.57. The van der Waals surface area contributed by atoms with E-state index in [0.29, 0.717) is 12.8 Å². The number of esters is 2. The van der Waals surface area contributed by atoms with Crippen LogP contribution in [0.3, 0.4) is 0 Å². The molecule has 0 unspecified atom stereocenters. The smallest absolute Gasteiger partial charge is 0.320 e. The van der Waals surface area contributed by atoms with Crippen LogP contribution in [0.4, 0.5) is 0 Å². The number of carbonyl (C=O) groups is 2. The van der Waals surface area contributed by atoms with Gasteiger partial charge in [0.25, 0.3) is 0 Å². The van der Waals surface area contributed by atoms with E-state index in [2.05, 4.69) is 6.07 Å². The van der Waals surface area contributed by atoms with Gasteiger partial charge in [0.15, 0.2) is 5.92 Å². The lowest BCUT2D eigenvalue weighted by atomic mass is 10.0. The van der Waals surface area contributed by atoms with Crippen LogP contribution >= 0.6 is 0 Å². The normalized spacial score (nSPS) is 10.0. The molecule has 0 radical (unpaired) electrons. The van der Waals surface area contributed by atoms with Crippen molar-refractivity contribution in [2.24, 2.45) is 5.92 Å². The number of carbonyl (C=O) groups excluding carboxylic acids is 2. The van der Waals surface area contributed by atoms with Crippen molar-refractivity contribution in [3.05, 3.63) is 0 Å². The molecule has 5 nitrogen and oxygen atoms in total. The lowest BCUT2D eigenvalue weighted by molar-refractivity contribution is -0.161. The van der Waals surface area contributed by atoms with Gasteiger partial charge in [0.05, 0.1) is 19.3 Å². The van der Waals surface area contributed by atoms with E-state index in [1.807, 2.05) is 0 Å². The minimum absolute atomic E-state index is 0.261. The summed E-state index contributed by atoms with van der Waals surface area (Å²) in [6.45, 7) is 3.94. The van der Waals surface area contributed by atoms with Gasteiger partial charge in [-0.2, -0.15) is 5.26 Å². The number of hydrogen-bond acceptors (Lipinski definition) is 5. The Bertz CT molecular complexity index is 291. The summed E-state index contributed by atoms with van der Waals surface area (Å²) < 4.78 is 9.77. The van der Waals surface area contributed by atoms with Crippen LogP contribution < -0.4 is 0 Å². The fourth-order valence-electron chi connectivity index (χ4n) is 1.72. The summed E-state index contributed by atoms with van der Waals surface area (Å²) in [6.07, 6.45) is 4.46. The molecule has 0 aliphatic heterocycles. The summed E-state index contributed by atoms with van der Waals surface area (Å²) >= 11 is 0. The zero-order chi connectivity index (χ0) is 14.5. The molecule has 0 aliphatic rings. The first-order valence-corrected chi connectivity index (χ1v) is 6.87. The van der Waals surface area contributed by atoms with Crippen molar-refractivity contribution in [1.29, 1.82) is 5.26 Å². The summed E-state index contributed by atoms with van der Waals surface area (Å²) in [7, 11) is 0. The Balaban J connectivity index is 4.09. The molecular formula is C14H23NO4. The summed E-state index contributed by atoms with van der Waals surface area (Å²) in [5.41, 5.74) is 0. The first-order chi connectivity index (χ1) is 9.17. The van der Waals surface area contributed by atoms with Crippen LogP contribution in [0, 0.1) is 17.2 Å². The molecule has 0 aromatic heterocycles. The number of unbranched alkanes of at least 4 members (excludes halogenated alkanes) is 4. The molecular weight excluding hydrogens is 246 g/mol. The Labute approximate surface area is 114 Å². The first-order valence-electron chi connectivity index (χ1n) is 6.87.